The van der Waals surface area contributed by atoms with Gasteiger partial charge >= 0.3 is 0 Å². The third-order valence-electron chi connectivity index (χ3n) is 2.81. The maximum Gasteiger partial charge on any atom is 0.130 e. The molecule has 17 heavy (non-hydrogen) atoms. The molecule has 0 heterocycles. The van der Waals surface area contributed by atoms with Gasteiger partial charge in [-0.15, -0.1) is 0 Å². The van der Waals surface area contributed by atoms with Gasteiger partial charge in [0, 0.05) is 0 Å². The van der Waals surface area contributed by atoms with E-state index in [9.17, 15) is 0 Å². The lowest BCUT2D eigenvalue weighted by Gasteiger charge is -2.10. The van der Waals surface area contributed by atoms with E-state index in [0.717, 1.165) is 28.2 Å². The lowest BCUT2D eigenvalue weighted by atomic mass is 10.1. The summed E-state index contributed by atoms with van der Waals surface area (Å²) in [5.74, 6) is 1.66. The third-order valence-corrected chi connectivity index (χ3v) is 2.81. The van der Waals surface area contributed by atoms with Crippen LogP contribution in [0.5, 0.6) is 11.5 Å². The van der Waals surface area contributed by atoms with Gasteiger partial charge in [0.15, 0.2) is 0 Å². The van der Waals surface area contributed by atoms with Crippen LogP contribution in [0.25, 0.3) is 0 Å². The molecule has 1 N–H and O–H groups in total. The van der Waals surface area contributed by atoms with E-state index in [1.165, 1.54) is 0 Å². The number of aliphatic hydroxyl groups is 1. The summed E-state index contributed by atoms with van der Waals surface area (Å²) in [6, 6.07) is 13.6. The third kappa shape index (κ3) is 2.66. The van der Waals surface area contributed by atoms with Crippen molar-refractivity contribution in [2.75, 3.05) is 0 Å². The Kier molecular flexibility index (Phi) is 3.45. The Morgan fingerprint density at radius 1 is 1.00 bits per heavy atom. The molecule has 2 aromatic carbocycles. The molecular formula is C15H16O2. The van der Waals surface area contributed by atoms with Crippen LogP contribution in [0, 0.1) is 13.8 Å². The summed E-state index contributed by atoms with van der Waals surface area (Å²) in [6.45, 7) is 4.05. The second-order valence-corrected chi connectivity index (χ2v) is 4.11. The summed E-state index contributed by atoms with van der Waals surface area (Å²) in [5, 5.41) is 9.10. The van der Waals surface area contributed by atoms with Crippen molar-refractivity contribution in [2.24, 2.45) is 0 Å². The fourth-order valence-corrected chi connectivity index (χ4v) is 1.71. The molecule has 0 aliphatic carbocycles. The molecular weight excluding hydrogens is 212 g/mol. The van der Waals surface area contributed by atoms with Gasteiger partial charge < -0.3 is 9.84 Å². The first-order chi connectivity index (χ1) is 8.20. The number of aliphatic hydroxyl groups excluding tert-OH is 1. The van der Waals surface area contributed by atoms with E-state index in [2.05, 4.69) is 0 Å². The fraction of sp³-hybridized carbons (Fsp3) is 0.200. The highest BCUT2D eigenvalue weighted by molar-refractivity contribution is 5.40. The van der Waals surface area contributed by atoms with Crippen molar-refractivity contribution in [1.82, 2.24) is 0 Å². The van der Waals surface area contributed by atoms with Crippen LogP contribution in [0.4, 0.5) is 0 Å². The molecule has 2 heteroatoms. The molecule has 2 nitrogen and oxygen atoms in total. The summed E-state index contributed by atoms with van der Waals surface area (Å²) in [5.41, 5.74) is 3.08. The van der Waals surface area contributed by atoms with Gasteiger partial charge in [-0.1, -0.05) is 24.3 Å². The van der Waals surface area contributed by atoms with Crippen molar-refractivity contribution in [3.05, 3.63) is 59.2 Å². The molecule has 88 valence electrons. The minimum atomic E-state index is 0.0660. The van der Waals surface area contributed by atoms with Gasteiger partial charge in [-0.2, -0.15) is 0 Å². The number of para-hydroxylation sites is 1. The van der Waals surface area contributed by atoms with E-state index in [4.69, 9.17) is 9.84 Å². The van der Waals surface area contributed by atoms with E-state index in [1.807, 2.05) is 56.3 Å². The Bertz CT molecular complexity index is 518. The Hall–Kier alpha value is -1.80. The topological polar surface area (TPSA) is 29.5 Å². The van der Waals surface area contributed by atoms with E-state index < -0.39 is 0 Å². The minimum absolute atomic E-state index is 0.0660. The first-order valence-corrected chi connectivity index (χ1v) is 5.64. The van der Waals surface area contributed by atoms with E-state index >= 15 is 0 Å². The van der Waals surface area contributed by atoms with Crippen molar-refractivity contribution < 1.29 is 9.84 Å². The van der Waals surface area contributed by atoms with Gasteiger partial charge in [-0.3, -0.25) is 0 Å². The van der Waals surface area contributed by atoms with E-state index in [-0.39, 0.29) is 6.61 Å². The van der Waals surface area contributed by atoms with Crippen LogP contribution < -0.4 is 4.74 Å². The second-order valence-electron chi connectivity index (χ2n) is 4.11. The molecule has 0 aliphatic rings. The van der Waals surface area contributed by atoms with Crippen LogP contribution in [-0.2, 0) is 6.61 Å². The molecule has 2 aromatic rings. The number of benzene rings is 2. The van der Waals surface area contributed by atoms with Crippen LogP contribution in [0.2, 0.25) is 0 Å². The van der Waals surface area contributed by atoms with Crippen LogP contribution >= 0.6 is 0 Å². The normalized spacial score (nSPS) is 10.3. The Morgan fingerprint density at radius 3 is 2.41 bits per heavy atom. The van der Waals surface area contributed by atoms with Crippen molar-refractivity contribution in [2.45, 2.75) is 20.5 Å². The number of hydrogen-bond donors (Lipinski definition) is 1. The quantitative estimate of drug-likeness (QED) is 0.870. The fourth-order valence-electron chi connectivity index (χ4n) is 1.71. The minimum Gasteiger partial charge on any atom is -0.457 e. The summed E-state index contributed by atoms with van der Waals surface area (Å²) in [7, 11) is 0. The molecule has 0 aliphatic heterocycles. The van der Waals surface area contributed by atoms with Crippen molar-refractivity contribution in [1.29, 1.82) is 0 Å². The van der Waals surface area contributed by atoms with E-state index in [1.54, 1.807) is 0 Å². The highest BCUT2D eigenvalue weighted by atomic mass is 16.5. The zero-order chi connectivity index (χ0) is 12.3. The lowest BCUT2D eigenvalue weighted by molar-refractivity contribution is 0.281. The average molecular weight is 228 g/mol. The Labute approximate surface area is 101 Å². The first-order valence-electron chi connectivity index (χ1n) is 5.64. The van der Waals surface area contributed by atoms with Gasteiger partial charge in [0.25, 0.3) is 0 Å². The molecule has 0 bridgehead atoms. The molecule has 0 atom stereocenters. The van der Waals surface area contributed by atoms with Gasteiger partial charge in [0.1, 0.15) is 11.5 Å². The van der Waals surface area contributed by atoms with Gasteiger partial charge in [-0.25, -0.2) is 0 Å². The maximum absolute atomic E-state index is 9.10. The van der Waals surface area contributed by atoms with Crippen LogP contribution in [-0.4, -0.2) is 5.11 Å². The molecule has 0 saturated carbocycles. The number of rotatable bonds is 3. The van der Waals surface area contributed by atoms with Crippen molar-refractivity contribution >= 4 is 0 Å². The summed E-state index contributed by atoms with van der Waals surface area (Å²) >= 11 is 0. The van der Waals surface area contributed by atoms with Gasteiger partial charge in [-0.05, 0) is 48.7 Å². The number of hydrogen-bond acceptors (Lipinski definition) is 2. The van der Waals surface area contributed by atoms with Gasteiger partial charge in [0.2, 0.25) is 0 Å². The number of aryl methyl sites for hydroxylation is 2. The molecule has 0 saturated heterocycles. The summed E-state index contributed by atoms with van der Waals surface area (Å²) in [6.07, 6.45) is 0. The molecule has 2 rings (SSSR count). The molecule has 0 spiro atoms. The van der Waals surface area contributed by atoms with Gasteiger partial charge in [0.05, 0.1) is 6.61 Å². The SMILES string of the molecule is Cc1cc(Oc2ccccc2C)ccc1CO. The van der Waals surface area contributed by atoms with Crippen molar-refractivity contribution in [3.8, 4) is 11.5 Å². The smallest absolute Gasteiger partial charge is 0.130 e. The van der Waals surface area contributed by atoms with Crippen LogP contribution in [0.3, 0.4) is 0 Å². The lowest BCUT2D eigenvalue weighted by Crippen LogP contribution is -1.91. The molecule has 0 aromatic heterocycles. The molecule has 0 fully saturated rings. The largest absolute Gasteiger partial charge is 0.457 e. The second kappa shape index (κ2) is 5.02. The predicted molar refractivity (Wildman–Crippen MR) is 68.4 cm³/mol. The standard InChI is InChI=1S/C15H16O2/c1-11-5-3-4-6-15(11)17-14-8-7-13(10-16)12(2)9-14/h3-9,16H,10H2,1-2H3. The van der Waals surface area contributed by atoms with Crippen LogP contribution in [0.1, 0.15) is 16.7 Å². The molecule has 0 amide bonds. The molecule has 0 radical (unpaired) electrons. The average Bonchev–Trinajstić information content (AvgIpc) is 2.32. The van der Waals surface area contributed by atoms with Crippen LogP contribution in [0.15, 0.2) is 42.5 Å². The Balaban J connectivity index is 2.25. The highest BCUT2D eigenvalue weighted by Crippen LogP contribution is 2.26. The monoisotopic (exact) mass is 228 g/mol. The predicted octanol–water partition coefficient (Wildman–Crippen LogP) is 3.59. The highest BCUT2D eigenvalue weighted by Gasteiger charge is 2.03. The Morgan fingerprint density at radius 2 is 1.76 bits per heavy atom. The zero-order valence-electron chi connectivity index (χ0n) is 10.1. The maximum atomic E-state index is 9.10. The first kappa shape index (κ1) is 11.7. The summed E-state index contributed by atoms with van der Waals surface area (Å²) in [4.78, 5) is 0. The number of ether oxygens (including phenoxy) is 1. The zero-order valence-corrected chi connectivity index (χ0v) is 10.1. The van der Waals surface area contributed by atoms with Crippen molar-refractivity contribution in [3.63, 3.8) is 0 Å². The van der Waals surface area contributed by atoms with E-state index in [0.29, 0.717) is 0 Å². The molecule has 0 unspecified atom stereocenters. The summed E-state index contributed by atoms with van der Waals surface area (Å²) < 4.78 is 5.81.